The van der Waals surface area contributed by atoms with E-state index in [9.17, 15) is 9.59 Å². The fraction of sp³-hybridized carbons (Fsp3) is 0.316. The zero-order valence-electron chi connectivity index (χ0n) is 13.6. The highest BCUT2D eigenvalue weighted by Crippen LogP contribution is 2.32. The van der Waals surface area contributed by atoms with Crippen molar-refractivity contribution in [3.05, 3.63) is 64.6 Å². The molecule has 1 fully saturated rings. The SMILES string of the molecule is O=C(c1ccco1)N1[C@@H]2CC[C@H]1Cn1c(nc3ccccc3c1=O)C2. The van der Waals surface area contributed by atoms with Crippen LogP contribution in [-0.2, 0) is 13.0 Å². The maximum absolute atomic E-state index is 12.9. The number of benzene rings is 1. The molecule has 1 amide bonds. The number of carbonyl (C=O) groups excluding carboxylic acids is 1. The van der Waals surface area contributed by atoms with E-state index in [1.54, 1.807) is 16.7 Å². The summed E-state index contributed by atoms with van der Waals surface area (Å²) in [6.45, 7) is 0.495. The van der Waals surface area contributed by atoms with E-state index in [0.717, 1.165) is 24.2 Å². The van der Waals surface area contributed by atoms with Gasteiger partial charge in [0.2, 0.25) is 0 Å². The second-order valence-electron chi connectivity index (χ2n) is 6.74. The third-order valence-corrected chi connectivity index (χ3v) is 5.34. The number of amides is 1. The van der Waals surface area contributed by atoms with Gasteiger partial charge in [-0.1, -0.05) is 12.1 Å². The van der Waals surface area contributed by atoms with Gasteiger partial charge in [-0.2, -0.15) is 0 Å². The van der Waals surface area contributed by atoms with Gasteiger partial charge in [0.1, 0.15) is 5.82 Å². The van der Waals surface area contributed by atoms with E-state index in [2.05, 4.69) is 0 Å². The summed E-state index contributed by atoms with van der Waals surface area (Å²) in [4.78, 5) is 32.4. The predicted molar refractivity (Wildman–Crippen MR) is 91.4 cm³/mol. The number of aromatic nitrogens is 2. The molecule has 0 N–H and O–H groups in total. The van der Waals surface area contributed by atoms with Gasteiger partial charge in [-0.25, -0.2) is 4.98 Å². The van der Waals surface area contributed by atoms with Gasteiger partial charge in [-0.05, 0) is 37.1 Å². The monoisotopic (exact) mass is 335 g/mol. The second kappa shape index (κ2) is 5.31. The van der Waals surface area contributed by atoms with Crippen molar-refractivity contribution in [2.75, 3.05) is 0 Å². The van der Waals surface area contributed by atoms with Crippen LogP contribution >= 0.6 is 0 Å². The highest BCUT2D eigenvalue weighted by molar-refractivity contribution is 5.92. The van der Waals surface area contributed by atoms with E-state index in [4.69, 9.17) is 9.40 Å². The van der Waals surface area contributed by atoms with E-state index >= 15 is 0 Å². The van der Waals surface area contributed by atoms with Crippen LogP contribution in [0.1, 0.15) is 29.2 Å². The molecule has 4 heterocycles. The molecule has 2 aliphatic rings. The van der Waals surface area contributed by atoms with Gasteiger partial charge >= 0.3 is 0 Å². The van der Waals surface area contributed by atoms with Gasteiger partial charge in [0.05, 0.1) is 23.2 Å². The first-order valence-corrected chi connectivity index (χ1v) is 8.57. The summed E-state index contributed by atoms with van der Waals surface area (Å²) in [5, 5.41) is 0.632. The molecular formula is C19H17N3O3. The van der Waals surface area contributed by atoms with Crippen molar-refractivity contribution < 1.29 is 9.21 Å². The quantitative estimate of drug-likeness (QED) is 0.684. The normalized spacial score (nSPS) is 22.0. The summed E-state index contributed by atoms with van der Waals surface area (Å²) in [5.74, 6) is 1.03. The van der Waals surface area contributed by atoms with Crippen LogP contribution in [0.4, 0.5) is 0 Å². The van der Waals surface area contributed by atoms with E-state index in [1.165, 1.54) is 6.26 Å². The van der Waals surface area contributed by atoms with E-state index in [-0.39, 0.29) is 23.6 Å². The van der Waals surface area contributed by atoms with Gasteiger partial charge in [0, 0.05) is 19.0 Å². The van der Waals surface area contributed by atoms with Gasteiger partial charge < -0.3 is 9.32 Å². The second-order valence-corrected chi connectivity index (χ2v) is 6.74. The Morgan fingerprint density at radius 2 is 1.96 bits per heavy atom. The molecule has 5 rings (SSSR count). The molecule has 0 saturated carbocycles. The Hall–Kier alpha value is -2.89. The third-order valence-electron chi connectivity index (χ3n) is 5.34. The molecule has 0 radical (unpaired) electrons. The third kappa shape index (κ3) is 2.13. The van der Waals surface area contributed by atoms with E-state index in [0.29, 0.717) is 24.1 Å². The highest BCUT2D eigenvalue weighted by atomic mass is 16.3. The summed E-state index contributed by atoms with van der Waals surface area (Å²) in [7, 11) is 0. The predicted octanol–water partition coefficient (Wildman–Crippen LogP) is 2.22. The topological polar surface area (TPSA) is 68.3 Å². The standard InChI is InChI=1S/C19H17N3O3/c23-18-14-4-1-2-5-15(14)20-17-10-12-7-8-13(11-21(17)18)22(12)19(24)16-6-3-9-25-16/h1-6,9,12-13H,7-8,10-11H2/t12-,13+/m1/s1. The van der Waals surface area contributed by atoms with Crippen LogP contribution in [0.5, 0.6) is 0 Å². The molecule has 0 aliphatic carbocycles. The molecule has 0 unspecified atom stereocenters. The first kappa shape index (κ1) is 14.5. The number of rotatable bonds is 1. The average molecular weight is 335 g/mol. The number of carbonyl (C=O) groups is 1. The van der Waals surface area contributed by atoms with Crippen molar-refractivity contribution in [3.63, 3.8) is 0 Å². The van der Waals surface area contributed by atoms with Crippen LogP contribution in [0.15, 0.2) is 51.9 Å². The first-order valence-electron chi connectivity index (χ1n) is 8.57. The molecule has 1 aromatic carbocycles. The lowest BCUT2D eigenvalue weighted by Crippen LogP contribution is -2.42. The van der Waals surface area contributed by atoms with Gasteiger partial charge in [0.15, 0.2) is 5.76 Å². The summed E-state index contributed by atoms with van der Waals surface area (Å²) in [6, 6.07) is 10.9. The lowest BCUT2D eigenvalue weighted by atomic mass is 10.1. The fourth-order valence-electron chi connectivity index (χ4n) is 4.18. The molecule has 2 aromatic heterocycles. The molecule has 3 aromatic rings. The molecule has 1 saturated heterocycles. The maximum Gasteiger partial charge on any atom is 0.290 e. The Bertz CT molecular complexity index is 1020. The van der Waals surface area contributed by atoms with Crippen LogP contribution in [0, 0.1) is 0 Å². The summed E-state index contributed by atoms with van der Waals surface area (Å²) < 4.78 is 7.06. The molecule has 2 aliphatic heterocycles. The van der Waals surface area contributed by atoms with Crippen molar-refractivity contribution >= 4 is 16.8 Å². The number of furan rings is 1. The summed E-state index contributed by atoms with van der Waals surface area (Å²) >= 11 is 0. The van der Waals surface area contributed by atoms with Crippen molar-refractivity contribution in [1.82, 2.24) is 14.5 Å². The van der Waals surface area contributed by atoms with Gasteiger partial charge in [-0.15, -0.1) is 0 Å². The molecular weight excluding hydrogens is 318 g/mol. The highest BCUT2D eigenvalue weighted by Gasteiger charge is 2.41. The lowest BCUT2D eigenvalue weighted by Gasteiger charge is -2.26. The Balaban J connectivity index is 1.61. The maximum atomic E-state index is 12.9. The number of para-hydroxylation sites is 1. The lowest BCUT2D eigenvalue weighted by molar-refractivity contribution is 0.0633. The van der Waals surface area contributed by atoms with Crippen LogP contribution in [-0.4, -0.2) is 32.4 Å². The minimum absolute atomic E-state index is 0.00418. The number of fused-ring (bicyclic) bond motifs is 4. The Kier molecular flexibility index (Phi) is 3.07. The molecule has 2 atom stereocenters. The van der Waals surface area contributed by atoms with Crippen molar-refractivity contribution in [2.24, 2.45) is 0 Å². The molecule has 126 valence electrons. The van der Waals surface area contributed by atoms with Crippen molar-refractivity contribution in [1.29, 1.82) is 0 Å². The summed E-state index contributed by atoms with van der Waals surface area (Å²) in [5.41, 5.74) is 0.707. The minimum atomic E-state index is -0.0945. The van der Waals surface area contributed by atoms with Crippen molar-refractivity contribution in [3.8, 4) is 0 Å². The largest absolute Gasteiger partial charge is 0.459 e. The molecule has 6 heteroatoms. The number of hydrogen-bond acceptors (Lipinski definition) is 4. The van der Waals surface area contributed by atoms with Gasteiger partial charge in [-0.3, -0.25) is 14.2 Å². The van der Waals surface area contributed by atoms with Crippen LogP contribution < -0.4 is 5.56 Å². The number of hydrogen-bond donors (Lipinski definition) is 0. The summed E-state index contributed by atoms with van der Waals surface area (Å²) in [6.07, 6.45) is 3.94. The molecule has 2 bridgehead atoms. The Labute approximate surface area is 143 Å². The van der Waals surface area contributed by atoms with Crippen LogP contribution in [0.25, 0.3) is 10.9 Å². The Morgan fingerprint density at radius 1 is 1.12 bits per heavy atom. The van der Waals surface area contributed by atoms with E-state index < -0.39 is 0 Å². The van der Waals surface area contributed by atoms with E-state index in [1.807, 2.05) is 29.2 Å². The van der Waals surface area contributed by atoms with Crippen LogP contribution in [0.2, 0.25) is 0 Å². The minimum Gasteiger partial charge on any atom is -0.459 e. The average Bonchev–Trinajstić information content (AvgIpc) is 3.24. The van der Waals surface area contributed by atoms with Gasteiger partial charge in [0.25, 0.3) is 11.5 Å². The number of nitrogens with zero attached hydrogens (tertiary/aromatic N) is 3. The molecule has 25 heavy (non-hydrogen) atoms. The first-order chi connectivity index (χ1) is 12.2. The zero-order valence-corrected chi connectivity index (χ0v) is 13.6. The van der Waals surface area contributed by atoms with Crippen molar-refractivity contribution in [2.45, 2.75) is 37.9 Å². The fourth-order valence-corrected chi connectivity index (χ4v) is 4.18. The Morgan fingerprint density at radius 3 is 2.80 bits per heavy atom. The van der Waals surface area contributed by atoms with Crippen LogP contribution in [0.3, 0.4) is 0 Å². The smallest absolute Gasteiger partial charge is 0.290 e. The zero-order chi connectivity index (χ0) is 17.0. The molecule has 6 nitrogen and oxygen atoms in total. The molecule has 0 spiro atoms.